The fourth-order valence-electron chi connectivity index (χ4n) is 0.649. The Morgan fingerprint density at radius 2 is 2.20 bits per heavy atom. The predicted octanol–water partition coefficient (Wildman–Crippen LogP) is 1.22. The van der Waals surface area contributed by atoms with Crippen LogP contribution in [-0.4, -0.2) is 23.7 Å². The standard InChI is InChI=1S/C6H13NO2S/c1-6(2,4-10-3)9-5(7)8/h4H2,1-3H3,(H2,7,8). The van der Waals surface area contributed by atoms with E-state index in [0.717, 1.165) is 5.75 Å². The molecule has 0 saturated carbocycles. The van der Waals surface area contributed by atoms with E-state index < -0.39 is 11.7 Å². The molecule has 2 N–H and O–H groups in total. The van der Waals surface area contributed by atoms with E-state index >= 15 is 0 Å². The first-order valence-corrected chi connectivity index (χ1v) is 4.35. The number of hydrogen-bond acceptors (Lipinski definition) is 3. The maximum atomic E-state index is 10.3. The van der Waals surface area contributed by atoms with Crippen molar-refractivity contribution >= 4 is 17.9 Å². The number of primary amides is 1. The maximum absolute atomic E-state index is 10.3. The molecule has 0 radical (unpaired) electrons. The Balaban J connectivity index is 3.74. The van der Waals surface area contributed by atoms with Crippen molar-refractivity contribution in [2.24, 2.45) is 5.73 Å². The SMILES string of the molecule is CSCC(C)(C)OC(N)=O. The molecule has 0 saturated heterocycles. The number of nitrogens with two attached hydrogens (primary N) is 1. The van der Waals surface area contributed by atoms with Crippen molar-refractivity contribution in [1.82, 2.24) is 0 Å². The van der Waals surface area contributed by atoms with Gasteiger partial charge in [0.05, 0.1) is 0 Å². The lowest BCUT2D eigenvalue weighted by atomic mass is 10.2. The van der Waals surface area contributed by atoms with E-state index in [9.17, 15) is 4.79 Å². The molecule has 1 amide bonds. The molecule has 4 heteroatoms. The van der Waals surface area contributed by atoms with Gasteiger partial charge in [0, 0.05) is 5.75 Å². The highest BCUT2D eigenvalue weighted by atomic mass is 32.2. The summed E-state index contributed by atoms with van der Waals surface area (Å²) < 4.78 is 4.80. The minimum absolute atomic E-state index is 0.439. The average Bonchev–Trinajstić information content (AvgIpc) is 1.59. The summed E-state index contributed by atoms with van der Waals surface area (Å²) in [5.74, 6) is 0.760. The number of rotatable bonds is 3. The lowest BCUT2D eigenvalue weighted by Gasteiger charge is -2.22. The first-order valence-electron chi connectivity index (χ1n) is 2.95. The molecule has 0 heterocycles. The van der Waals surface area contributed by atoms with Gasteiger partial charge in [-0.25, -0.2) is 4.79 Å². The highest BCUT2D eigenvalue weighted by Gasteiger charge is 2.20. The van der Waals surface area contributed by atoms with Crippen LogP contribution in [0.5, 0.6) is 0 Å². The molecule has 0 aliphatic carbocycles. The average molecular weight is 163 g/mol. The van der Waals surface area contributed by atoms with Crippen LogP contribution in [0, 0.1) is 0 Å². The van der Waals surface area contributed by atoms with Gasteiger partial charge in [0.2, 0.25) is 0 Å². The van der Waals surface area contributed by atoms with Crippen molar-refractivity contribution < 1.29 is 9.53 Å². The number of carbonyl (C=O) groups is 1. The van der Waals surface area contributed by atoms with Crippen LogP contribution in [-0.2, 0) is 4.74 Å². The third kappa shape index (κ3) is 4.49. The van der Waals surface area contributed by atoms with Crippen LogP contribution >= 0.6 is 11.8 Å². The molecule has 0 unspecified atom stereocenters. The molecule has 0 fully saturated rings. The molecule has 0 aliphatic rings. The van der Waals surface area contributed by atoms with Crippen LogP contribution in [0.3, 0.4) is 0 Å². The van der Waals surface area contributed by atoms with E-state index in [1.54, 1.807) is 11.8 Å². The predicted molar refractivity (Wildman–Crippen MR) is 43.1 cm³/mol. The van der Waals surface area contributed by atoms with Crippen molar-refractivity contribution in [3.05, 3.63) is 0 Å². The summed E-state index contributed by atoms with van der Waals surface area (Å²) in [5, 5.41) is 0. The van der Waals surface area contributed by atoms with E-state index in [1.165, 1.54) is 0 Å². The molecule has 0 aliphatic heterocycles. The van der Waals surface area contributed by atoms with Crippen LogP contribution in [0.25, 0.3) is 0 Å². The van der Waals surface area contributed by atoms with Crippen LogP contribution < -0.4 is 5.73 Å². The van der Waals surface area contributed by atoms with Crippen LogP contribution in [0.1, 0.15) is 13.8 Å². The zero-order valence-corrected chi connectivity index (χ0v) is 7.33. The van der Waals surface area contributed by atoms with Crippen molar-refractivity contribution in [3.63, 3.8) is 0 Å². The summed E-state index contributed by atoms with van der Waals surface area (Å²) in [6, 6.07) is 0. The molecule has 0 atom stereocenters. The summed E-state index contributed by atoms with van der Waals surface area (Å²) in [6.45, 7) is 3.66. The Kier molecular flexibility index (Phi) is 3.57. The molecule has 0 aromatic carbocycles. The van der Waals surface area contributed by atoms with Gasteiger partial charge in [-0.3, -0.25) is 0 Å². The molecule has 0 aromatic rings. The second kappa shape index (κ2) is 3.71. The van der Waals surface area contributed by atoms with Gasteiger partial charge in [0.1, 0.15) is 5.60 Å². The number of carbonyl (C=O) groups excluding carboxylic acids is 1. The van der Waals surface area contributed by atoms with E-state index in [1.807, 2.05) is 20.1 Å². The quantitative estimate of drug-likeness (QED) is 0.680. The van der Waals surface area contributed by atoms with E-state index in [2.05, 4.69) is 0 Å². The van der Waals surface area contributed by atoms with Gasteiger partial charge in [-0.05, 0) is 20.1 Å². The normalized spacial score (nSPS) is 11.1. The van der Waals surface area contributed by atoms with Crippen LogP contribution in [0.4, 0.5) is 4.79 Å². The molecule has 60 valence electrons. The Hall–Kier alpha value is -0.380. The van der Waals surface area contributed by atoms with Gasteiger partial charge in [-0.15, -0.1) is 0 Å². The van der Waals surface area contributed by atoms with Crippen molar-refractivity contribution in [3.8, 4) is 0 Å². The van der Waals surface area contributed by atoms with Crippen LogP contribution in [0.15, 0.2) is 0 Å². The molecular formula is C6H13NO2S. The van der Waals surface area contributed by atoms with Crippen molar-refractivity contribution in [1.29, 1.82) is 0 Å². The highest BCUT2D eigenvalue weighted by molar-refractivity contribution is 7.98. The lowest BCUT2D eigenvalue weighted by molar-refractivity contribution is 0.0635. The van der Waals surface area contributed by atoms with Gasteiger partial charge in [-0.1, -0.05) is 0 Å². The van der Waals surface area contributed by atoms with E-state index in [-0.39, 0.29) is 0 Å². The monoisotopic (exact) mass is 163 g/mol. The zero-order chi connectivity index (χ0) is 8.20. The van der Waals surface area contributed by atoms with Gasteiger partial charge >= 0.3 is 6.09 Å². The van der Waals surface area contributed by atoms with Crippen molar-refractivity contribution in [2.45, 2.75) is 19.4 Å². The summed E-state index contributed by atoms with van der Waals surface area (Å²) in [4.78, 5) is 10.3. The summed E-state index contributed by atoms with van der Waals surface area (Å²) in [5.41, 5.74) is 4.40. The molecule has 0 bridgehead atoms. The largest absolute Gasteiger partial charge is 0.443 e. The van der Waals surface area contributed by atoms with E-state index in [0.29, 0.717) is 0 Å². The summed E-state index contributed by atoms with van der Waals surface area (Å²) >= 11 is 1.62. The Morgan fingerprint density at radius 3 is 2.50 bits per heavy atom. The molecule has 3 nitrogen and oxygen atoms in total. The number of amides is 1. The zero-order valence-electron chi connectivity index (χ0n) is 6.51. The molecule has 0 aromatic heterocycles. The number of ether oxygens (including phenoxy) is 1. The first-order chi connectivity index (χ1) is 4.48. The topological polar surface area (TPSA) is 52.3 Å². The number of thioether (sulfide) groups is 1. The fourth-order valence-corrected chi connectivity index (χ4v) is 1.40. The molecule has 0 spiro atoms. The smallest absolute Gasteiger partial charge is 0.405 e. The second-order valence-electron chi connectivity index (χ2n) is 2.61. The Morgan fingerprint density at radius 1 is 1.70 bits per heavy atom. The summed E-state index contributed by atoms with van der Waals surface area (Å²) in [7, 11) is 0. The first kappa shape index (κ1) is 9.62. The Bertz CT molecular complexity index is 125. The third-order valence-electron chi connectivity index (χ3n) is 0.869. The number of hydrogen-bond donors (Lipinski definition) is 1. The molecule has 10 heavy (non-hydrogen) atoms. The lowest BCUT2D eigenvalue weighted by Crippen LogP contribution is -2.33. The highest BCUT2D eigenvalue weighted by Crippen LogP contribution is 2.14. The maximum Gasteiger partial charge on any atom is 0.405 e. The van der Waals surface area contributed by atoms with E-state index in [4.69, 9.17) is 10.5 Å². The second-order valence-corrected chi connectivity index (χ2v) is 3.48. The van der Waals surface area contributed by atoms with Gasteiger partial charge in [0.15, 0.2) is 0 Å². The molecule has 0 rings (SSSR count). The molecular weight excluding hydrogens is 150 g/mol. The minimum Gasteiger partial charge on any atom is -0.443 e. The van der Waals surface area contributed by atoms with Gasteiger partial charge in [0.25, 0.3) is 0 Å². The van der Waals surface area contributed by atoms with Gasteiger partial charge in [-0.2, -0.15) is 11.8 Å². The third-order valence-corrected chi connectivity index (χ3v) is 1.85. The summed E-state index contributed by atoms with van der Waals surface area (Å²) in [6.07, 6.45) is 1.24. The van der Waals surface area contributed by atoms with Gasteiger partial charge < -0.3 is 10.5 Å². The minimum atomic E-state index is -0.709. The van der Waals surface area contributed by atoms with Crippen molar-refractivity contribution in [2.75, 3.05) is 12.0 Å². The fraction of sp³-hybridized carbons (Fsp3) is 0.833. The Labute approximate surface area is 65.3 Å². The van der Waals surface area contributed by atoms with Crippen LogP contribution in [0.2, 0.25) is 0 Å².